The van der Waals surface area contributed by atoms with Gasteiger partial charge < -0.3 is 9.84 Å². The van der Waals surface area contributed by atoms with Crippen LogP contribution in [0.15, 0.2) is 66.2 Å². The minimum Gasteiger partial charge on any atom is -0.489 e. The van der Waals surface area contributed by atoms with Crippen molar-refractivity contribution in [2.75, 3.05) is 0 Å². The molecule has 1 N–H and O–H groups in total. The molecule has 0 spiro atoms. The molecular weight excluding hydrogens is 306 g/mol. The lowest BCUT2D eigenvalue weighted by molar-refractivity contribution is 0.0758. The van der Waals surface area contributed by atoms with E-state index >= 15 is 0 Å². The van der Waals surface area contributed by atoms with Crippen LogP contribution in [-0.2, 0) is 12.2 Å². The highest BCUT2D eigenvalue weighted by molar-refractivity contribution is 7.09. The zero-order valence-corrected chi connectivity index (χ0v) is 13.8. The maximum Gasteiger partial charge on any atom is 0.141 e. The maximum atomic E-state index is 11.1. The minimum absolute atomic E-state index is 0.506. The van der Waals surface area contributed by atoms with Crippen molar-refractivity contribution in [2.45, 2.75) is 25.6 Å². The molecule has 0 radical (unpaired) electrons. The van der Waals surface area contributed by atoms with Crippen molar-refractivity contribution in [1.82, 2.24) is 4.98 Å². The van der Waals surface area contributed by atoms with Gasteiger partial charge in [0.1, 0.15) is 23.0 Å². The summed E-state index contributed by atoms with van der Waals surface area (Å²) in [7, 11) is 0. The summed E-state index contributed by atoms with van der Waals surface area (Å²) < 4.78 is 5.86. The zero-order valence-electron chi connectivity index (χ0n) is 13.0. The van der Waals surface area contributed by atoms with Crippen LogP contribution in [0.25, 0.3) is 0 Å². The smallest absolute Gasteiger partial charge is 0.141 e. The number of thiazole rings is 1. The van der Waals surface area contributed by atoms with Crippen LogP contribution in [0.2, 0.25) is 0 Å². The topological polar surface area (TPSA) is 42.4 Å². The van der Waals surface area contributed by atoms with Crippen molar-refractivity contribution in [3.05, 3.63) is 82.3 Å². The number of aliphatic hydroxyl groups is 1. The summed E-state index contributed by atoms with van der Waals surface area (Å²) in [5, 5.41) is 13.6. The molecule has 1 unspecified atom stereocenters. The van der Waals surface area contributed by atoms with Crippen molar-refractivity contribution >= 4 is 11.3 Å². The highest BCUT2D eigenvalue weighted by Gasteiger charge is 2.32. The summed E-state index contributed by atoms with van der Waals surface area (Å²) >= 11 is 1.46. The van der Waals surface area contributed by atoms with Gasteiger partial charge in [-0.25, -0.2) is 4.98 Å². The van der Waals surface area contributed by atoms with Crippen LogP contribution in [0.4, 0.5) is 0 Å². The van der Waals surface area contributed by atoms with E-state index in [1.807, 2.05) is 66.9 Å². The van der Waals surface area contributed by atoms with Crippen molar-refractivity contribution in [3.63, 3.8) is 0 Å². The van der Waals surface area contributed by atoms with Crippen molar-refractivity contribution < 1.29 is 9.84 Å². The lowest BCUT2D eigenvalue weighted by atomic mass is 9.91. The highest BCUT2D eigenvalue weighted by atomic mass is 32.1. The third-order valence-corrected chi connectivity index (χ3v) is 4.78. The molecular formula is C19H19NO2S. The molecule has 2 aromatic carbocycles. The van der Waals surface area contributed by atoms with Gasteiger partial charge in [0.2, 0.25) is 0 Å². The Hall–Kier alpha value is -2.17. The average Bonchev–Trinajstić information content (AvgIpc) is 3.16. The van der Waals surface area contributed by atoms with Gasteiger partial charge in [-0.3, -0.25) is 0 Å². The summed E-state index contributed by atoms with van der Waals surface area (Å²) in [4.78, 5) is 4.29. The Morgan fingerprint density at radius 1 is 1.13 bits per heavy atom. The molecule has 3 aromatic rings. The SMILES string of the molecule is CCC(O)(c1cccc(OCc2ccccc2)c1)c1nccs1. The summed E-state index contributed by atoms with van der Waals surface area (Å²) in [6.45, 7) is 2.46. The van der Waals surface area contributed by atoms with E-state index in [1.165, 1.54) is 11.3 Å². The monoisotopic (exact) mass is 325 g/mol. The number of hydrogen-bond acceptors (Lipinski definition) is 4. The number of benzene rings is 2. The summed E-state index contributed by atoms with van der Waals surface area (Å²) in [5.74, 6) is 0.745. The van der Waals surface area contributed by atoms with Gasteiger partial charge in [-0.1, -0.05) is 49.4 Å². The molecule has 1 heterocycles. The fraction of sp³-hybridized carbons (Fsp3) is 0.211. The van der Waals surface area contributed by atoms with E-state index in [9.17, 15) is 5.11 Å². The van der Waals surface area contributed by atoms with Crippen LogP contribution in [0.1, 0.15) is 29.5 Å². The second-order valence-electron chi connectivity index (χ2n) is 5.35. The number of aromatic nitrogens is 1. The number of rotatable bonds is 6. The third-order valence-electron chi connectivity index (χ3n) is 3.86. The van der Waals surface area contributed by atoms with E-state index in [0.717, 1.165) is 16.9 Å². The van der Waals surface area contributed by atoms with Gasteiger partial charge in [-0.15, -0.1) is 11.3 Å². The molecule has 1 aromatic heterocycles. The Labute approximate surface area is 140 Å². The normalized spacial score (nSPS) is 13.5. The van der Waals surface area contributed by atoms with E-state index < -0.39 is 5.60 Å². The largest absolute Gasteiger partial charge is 0.489 e. The maximum absolute atomic E-state index is 11.1. The van der Waals surface area contributed by atoms with E-state index in [-0.39, 0.29) is 0 Å². The molecule has 23 heavy (non-hydrogen) atoms. The van der Waals surface area contributed by atoms with Crippen LogP contribution in [0, 0.1) is 0 Å². The molecule has 0 saturated carbocycles. The van der Waals surface area contributed by atoms with E-state index in [1.54, 1.807) is 6.20 Å². The molecule has 0 saturated heterocycles. The Balaban J connectivity index is 1.82. The van der Waals surface area contributed by atoms with Crippen LogP contribution < -0.4 is 4.74 Å². The summed E-state index contributed by atoms with van der Waals surface area (Å²) in [6, 6.07) is 17.7. The molecule has 0 aliphatic heterocycles. The molecule has 0 amide bonds. The lowest BCUT2D eigenvalue weighted by Gasteiger charge is -2.25. The Morgan fingerprint density at radius 3 is 2.65 bits per heavy atom. The Bertz CT molecular complexity index is 743. The number of ether oxygens (including phenoxy) is 1. The quantitative estimate of drug-likeness (QED) is 0.732. The van der Waals surface area contributed by atoms with Gasteiger partial charge in [0.05, 0.1) is 0 Å². The zero-order chi connectivity index (χ0) is 16.1. The van der Waals surface area contributed by atoms with Gasteiger partial charge in [0.15, 0.2) is 0 Å². The Kier molecular flexibility index (Phi) is 4.74. The minimum atomic E-state index is -1.07. The summed E-state index contributed by atoms with van der Waals surface area (Å²) in [6.07, 6.45) is 2.28. The molecule has 0 aliphatic rings. The van der Waals surface area contributed by atoms with Crippen molar-refractivity contribution in [1.29, 1.82) is 0 Å². The first kappa shape index (κ1) is 15.7. The first-order valence-corrected chi connectivity index (χ1v) is 8.50. The van der Waals surface area contributed by atoms with E-state index in [0.29, 0.717) is 18.0 Å². The molecule has 118 valence electrons. The lowest BCUT2D eigenvalue weighted by Crippen LogP contribution is -2.26. The number of nitrogens with zero attached hydrogens (tertiary/aromatic N) is 1. The average molecular weight is 325 g/mol. The standard InChI is InChI=1S/C19H19NO2S/c1-2-19(21,18-20-11-12-23-18)16-9-6-10-17(13-16)22-14-15-7-4-3-5-8-15/h3-13,21H,2,14H2,1H3. The number of hydrogen-bond donors (Lipinski definition) is 1. The fourth-order valence-electron chi connectivity index (χ4n) is 2.49. The van der Waals surface area contributed by atoms with Crippen LogP contribution in [-0.4, -0.2) is 10.1 Å². The van der Waals surface area contributed by atoms with Crippen LogP contribution in [0.3, 0.4) is 0 Å². The van der Waals surface area contributed by atoms with Crippen LogP contribution in [0.5, 0.6) is 5.75 Å². The molecule has 3 rings (SSSR count). The molecule has 0 bridgehead atoms. The molecule has 4 heteroatoms. The molecule has 0 aliphatic carbocycles. The second-order valence-corrected chi connectivity index (χ2v) is 6.25. The Morgan fingerprint density at radius 2 is 1.96 bits per heavy atom. The van der Waals surface area contributed by atoms with E-state index in [4.69, 9.17) is 4.74 Å². The molecule has 1 atom stereocenters. The van der Waals surface area contributed by atoms with Gasteiger partial charge in [0.25, 0.3) is 0 Å². The van der Waals surface area contributed by atoms with E-state index in [2.05, 4.69) is 4.98 Å². The molecule has 3 nitrogen and oxygen atoms in total. The second kappa shape index (κ2) is 6.94. The van der Waals surface area contributed by atoms with Crippen LogP contribution >= 0.6 is 11.3 Å². The fourth-order valence-corrected chi connectivity index (χ4v) is 3.32. The molecule has 0 fully saturated rings. The first-order valence-electron chi connectivity index (χ1n) is 7.62. The van der Waals surface area contributed by atoms with Gasteiger partial charge in [-0.05, 0) is 29.7 Å². The third kappa shape index (κ3) is 3.44. The first-order chi connectivity index (χ1) is 11.2. The van der Waals surface area contributed by atoms with Crippen molar-refractivity contribution in [2.24, 2.45) is 0 Å². The van der Waals surface area contributed by atoms with Crippen molar-refractivity contribution in [3.8, 4) is 5.75 Å². The summed E-state index contributed by atoms with van der Waals surface area (Å²) in [5.41, 5.74) is 0.851. The van der Waals surface area contributed by atoms with Gasteiger partial charge in [0, 0.05) is 11.6 Å². The predicted octanol–water partition coefficient (Wildman–Crippen LogP) is 4.37. The van der Waals surface area contributed by atoms with Gasteiger partial charge in [-0.2, -0.15) is 0 Å². The highest BCUT2D eigenvalue weighted by Crippen LogP contribution is 2.35. The predicted molar refractivity (Wildman–Crippen MR) is 92.6 cm³/mol. The van der Waals surface area contributed by atoms with Gasteiger partial charge >= 0.3 is 0 Å².